The minimum absolute atomic E-state index is 0.188. The number of urea groups is 1. The number of carbonyl (C=O) groups excluding carboxylic acids is 1. The first kappa shape index (κ1) is 24.4. The van der Waals surface area contributed by atoms with Crippen LogP contribution in [0.25, 0.3) is 10.9 Å². The first-order valence-corrected chi connectivity index (χ1v) is 12.3. The Hall–Kier alpha value is -2.77. The number of carbonyl (C=O) groups is 1. The van der Waals surface area contributed by atoms with Crippen molar-refractivity contribution in [3.8, 4) is 0 Å². The fraction of sp³-hybridized carbons (Fsp3) is 0.400. The van der Waals surface area contributed by atoms with E-state index in [1.807, 2.05) is 49.3 Å². The van der Waals surface area contributed by atoms with Crippen LogP contribution in [0.5, 0.6) is 0 Å². The van der Waals surface area contributed by atoms with E-state index in [-0.39, 0.29) is 6.03 Å². The molecule has 2 aromatic carbocycles. The maximum Gasteiger partial charge on any atom is 0.315 e. The van der Waals surface area contributed by atoms with Gasteiger partial charge in [-0.25, -0.2) is 9.78 Å². The van der Waals surface area contributed by atoms with Gasteiger partial charge in [0.05, 0.1) is 5.52 Å². The molecule has 7 nitrogen and oxygen atoms in total. The van der Waals surface area contributed by atoms with Crippen molar-refractivity contribution in [2.24, 2.45) is 5.92 Å². The van der Waals surface area contributed by atoms with E-state index >= 15 is 0 Å². The Bertz CT molecular complexity index is 1150. The molecule has 180 valence electrons. The molecule has 1 heterocycles. The van der Waals surface area contributed by atoms with E-state index in [1.54, 1.807) is 12.1 Å². The van der Waals surface area contributed by atoms with E-state index in [1.165, 1.54) is 0 Å². The van der Waals surface area contributed by atoms with E-state index in [0.717, 1.165) is 48.0 Å². The number of benzene rings is 2. The van der Waals surface area contributed by atoms with Gasteiger partial charge in [0.25, 0.3) is 0 Å². The van der Waals surface area contributed by atoms with Crippen LogP contribution in [0.4, 0.5) is 16.6 Å². The number of halogens is 2. The Balaban J connectivity index is 1.23. The summed E-state index contributed by atoms with van der Waals surface area (Å²) in [5.74, 6) is 2.04. The number of fused-ring (bicyclic) bond motifs is 1. The molecule has 0 radical (unpaired) electrons. The summed E-state index contributed by atoms with van der Waals surface area (Å²) in [6.45, 7) is 1.02. The Labute approximate surface area is 210 Å². The summed E-state index contributed by atoms with van der Waals surface area (Å²) in [4.78, 5) is 23.7. The molecule has 34 heavy (non-hydrogen) atoms. The summed E-state index contributed by atoms with van der Waals surface area (Å²) >= 11 is 12.1. The normalized spacial score (nSPS) is 17.9. The predicted octanol–water partition coefficient (Wildman–Crippen LogP) is 5.47. The van der Waals surface area contributed by atoms with Gasteiger partial charge in [0.1, 0.15) is 5.82 Å². The van der Waals surface area contributed by atoms with Gasteiger partial charge >= 0.3 is 6.03 Å². The van der Waals surface area contributed by atoms with Crippen LogP contribution in [0.15, 0.2) is 42.5 Å². The first-order valence-electron chi connectivity index (χ1n) is 11.6. The summed E-state index contributed by atoms with van der Waals surface area (Å²) in [5, 5.41) is 11.5. The predicted molar refractivity (Wildman–Crippen MR) is 140 cm³/mol. The molecule has 0 saturated heterocycles. The number of nitrogens with zero attached hydrogens (tertiary/aromatic N) is 3. The highest BCUT2D eigenvalue weighted by molar-refractivity contribution is 6.35. The van der Waals surface area contributed by atoms with Crippen LogP contribution in [-0.4, -0.2) is 42.7 Å². The monoisotopic (exact) mass is 500 g/mol. The summed E-state index contributed by atoms with van der Waals surface area (Å²) in [6.07, 6.45) is 4.10. The Morgan fingerprint density at radius 3 is 2.53 bits per heavy atom. The minimum Gasteiger partial charge on any atom is -0.362 e. The number of hydrogen-bond acceptors (Lipinski definition) is 5. The molecule has 0 bridgehead atoms. The van der Waals surface area contributed by atoms with Gasteiger partial charge < -0.3 is 20.9 Å². The number of hydrogen-bond donors (Lipinski definition) is 3. The lowest BCUT2D eigenvalue weighted by molar-refractivity contribution is 0.235. The molecule has 9 heteroatoms. The van der Waals surface area contributed by atoms with Gasteiger partial charge in [-0.15, -0.1) is 0 Å². The highest BCUT2D eigenvalue weighted by Gasteiger charge is 2.22. The van der Waals surface area contributed by atoms with Crippen LogP contribution in [0.3, 0.4) is 0 Å². The van der Waals surface area contributed by atoms with Crippen molar-refractivity contribution in [3.05, 3.63) is 58.1 Å². The van der Waals surface area contributed by atoms with Crippen LogP contribution < -0.4 is 20.9 Å². The molecule has 0 atom stereocenters. The van der Waals surface area contributed by atoms with Crippen LogP contribution >= 0.6 is 23.2 Å². The van der Waals surface area contributed by atoms with Gasteiger partial charge in [-0.1, -0.05) is 41.4 Å². The second-order valence-corrected chi connectivity index (χ2v) is 9.79. The zero-order valence-corrected chi connectivity index (χ0v) is 21.0. The maximum atomic E-state index is 12.2. The largest absolute Gasteiger partial charge is 0.362 e. The maximum absolute atomic E-state index is 12.2. The average molecular weight is 501 g/mol. The van der Waals surface area contributed by atoms with Crippen molar-refractivity contribution in [1.82, 2.24) is 20.6 Å². The van der Waals surface area contributed by atoms with E-state index < -0.39 is 0 Å². The van der Waals surface area contributed by atoms with Gasteiger partial charge in [0.15, 0.2) is 0 Å². The summed E-state index contributed by atoms with van der Waals surface area (Å²) < 4.78 is 0. The van der Waals surface area contributed by atoms with Crippen LogP contribution in [0.1, 0.15) is 31.2 Å². The molecule has 3 aromatic rings. The fourth-order valence-electron chi connectivity index (χ4n) is 4.30. The summed E-state index contributed by atoms with van der Waals surface area (Å²) in [6, 6.07) is 13.5. The third-order valence-electron chi connectivity index (χ3n) is 6.19. The number of nitrogens with one attached hydrogen (secondary N) is 3. The number of para-hydroxylation sites is 1. The lowest BCUT2D eigenvalue weighted by Gasteiger charge is -2.29. The van der Waals surface area contributed by atoms with Gasteiger partial charge in [0.2, 0.25) is 5.95 Å². The molecule has 1 aromatic heterocycles. The molecule has 0 unspecified atom stereocenters. The van der Waals surface area contributed by atoms with E-state index in [0.29, 0.717) is 41.0 Å². The number of amides is 2. The zero-order chi connectivity index (χ0) is 24.1. The van der Waals surface area contributed by atoms with Crippen molar-refractivity contribution in [3.63, 3.8) is 0 Å². The topological polar surface area (TPSA) is 82.2 Å². The van der Waals surface area contributed by atoms with Crippen molar-refractivity contribution < 1.29 is 4.79 Å². The molecule has 1 fully saturated rings. The van der Waals surface area contributed by atoms with Crippen LogP contribution in [0.2, 0.25) is 10.0 Å². The molecule has 1 aliphatic rings. The molecular weight excluding hydrogens is 471 g/mol. The lowest BCUT2D eigenvalue weighted by Crippen LogP contribution is -2.39. The molecule has 0 aliphatic heterocycles. The van der Waals surface area contributed by atoms with Crippen LogP contribution in [0, 0.1) is 5.92 Å². The fourth-order valence-corrected chi connectivity index (χ4v) is 4.77. The first-order chi connectivity index (χ1) is 16.4. The summed E-state index contributed by atoms with van der Waals surface area (Å²) in [7, 11) is 3.99. The standard InChI is InChI=1S/C25H30Cl2N6O/c1-33(2)23-20-5-3-4-6-22(20)31-24(32-23)30-19-11-7-16(8-12-19)14-28-25(34)29-15-17-9-10-18(26)13-21(17)27/h3-6,9-10,13,16,19H,7-8,11-12,14-15H2,1-2H3,(H2,28,29,34)(H,30,31,32). The zero-order valence-electron chi connectivity index (χ0n) is 19.4. The molecule has 3 N–H and O–H groups in total. The Morgan fingerprint density at radius 2 is 1.79 bits per heavy atom. The van der Waals surface area contributed by atoms with E-state index in [4.69, 9.17) is 33.2 Å². The SMILES string of the molecule is CN(C)c1nc(NC2CCC(CNC(=O)NCc3ccc(Cl)cc3Cl)CC2)nc2ccccc12. The Morgan fingerprint density at radius 1 is 1.03 bits per heavy atom. The third kappa shape index (κ3) is 6.21. The van der Waals surface area contributed by atoms with Crippen molar-refractivity contribution >= 4 is 51.9 Å². The molecule has 4 rings (SSSR count). The van der Waals surface area contributed by atoms with Gasteiger partial charge in [0, 0.05) is 48.7 Å². The second-order valence-electron chi connectivity index (χ2n) is 8.94. The molecule has 1 aliphatic carbocycles. The van der Waals surface area contributed by atoms with Gasteiger partial charge in [-0.05, 0) is 61.4 Å². The number of anilines is 2. The lowest BCUT2D eigenvalue weighted by atomic mass is 9.86. The minimum atomic E-state index is -0.188. The highest BCUT2D eigenvalue weighted by atomic mass is 35.5. The highest BCUT2D eigenvalue weighted by Crippen LogP contribution is 2.28. The smallest absolute Gasteiger partial charge is 0.315 e. The molecule has 0 spiro atoms. The number of aromatic nitrogens is 2. The summed E-state index contributed by atoms with van der Waals surface area (Å²) in [5.41, 5.74) is 1.77. The van der Waals surface area contributed by atoms with E-state index in [2.05, 4.69) is 16.0 Å². The Kier molecular flexibility index (Phi) is 7.95. The molecule has 1 saturated carbocycles. The third-order valence-corrected chi connectivity index (χ3v) is 6.78. The van der Waals surface area contributed by atoms with Crippen molar-refractivity contribution in [1.29, 1.82) is 0 Å². The molecular formula is C25H30Cl2N6O. The van der Waals surface area contributed by atoms with Crippen molar-refractivity contribution in [2.45, 2.75) is 38.3 Å². The quantitative estimate of drug-likeness (QED) is 0.400. The number of rotatable bonds is 7. The van der Waals surface area contributed by atoms with Crippen LogP contribution in [-0.2, 0) is 6.54 Å². The molecule has 2 amide bonds. The average Bonchev–Trinajstić information content (AvgIpc) is 2.82. The second kappa shape index (κ2) is 11.1. The van der Waals surface area contributed by atoms with Gasteiger partial charge in [-0.3, -0.25) is 0 Å². The van der Waals surface area contributed by atoms with E-state index in [9.17, 15) is 4.79 Å². The van der Waals surface area contributed by atoms with Crippen molar-refractivity contribution in [2.75, 3.05) is 30.9 Å². The van der Waals surface area contributed by atoms with Gasteiger partial charge in [-0.2, -0.15) is 4.98 Å².